The first-order valence-electron chi connectivity index (χ1n) is 6.23. The molecule has 0 fully saturated rings. The first-order valence-corrected chi connectivity index (χ1v) is 7.40. The quantitative estimate of drug-likeness (QED) is 0.360. The van der Waals surface area contributed by atoms with Gasteiger partial charge in [-0.2, -0.15) is 10.2 Å². The molecule has 0 aliphatic heterocycles. The van der Waals surface area contributed by atoms with Crippen molar-refractivity contribution in [1.82, 2.24) is 0 Å². The molecule has 22 heavy (non-hydrogen) atoms. The van der Waals surface area contributed by atoms with E-state index < -0.39 is 0 Å². The molecule has 0 amide bonds. The average Bonchev–Trinajstić information content (AvgIpc) is 2.53. The van der Waals surface area contributed by atoms with Crippen LogP contribution in [0.4, 0.5) is 5.69 Å². The molecule has 5 nitrogen and oxygen atoms in total. The Balaban J connectivity index is 2.21. The van der Waals surface area contributed by atoms with Crippen molar-refractivity contribution in [2.75, 3.05) is 5.43 Å². The zero-order valence-electron chi connectivity index (χ0n) is 11.3. The monoisotopic (exact) mass is 378 g/mol. The fraction of sp³-hybridized carbons (Fsp3) is 0. The van der Waals surface area contributed by atoms with Gasteiger partial charge in [0.1, 0.15) is 0 Å². The standard InChI is InChI=1S/C15H12BrClN4O/c16-11-3-1-10(2-4-11)15(22)14(9-19-18)21-20-13-7-5-12(17)6-8-13/h1-9,20H,18H2/b19-9+,21-14-. The zero-order valence-corrected chi connectivity index (χ0v) is 13.7. The normalized spacial score (nSPS) is 11.6. The maximum atomic E-state index is 12.4. The van der Waals surface area contributed by atoms with Gasteiger partial charge in [-0.1, -0.05) is 27.5 Å². The molecule has 0 bridgehead atoms. The van der Waals surface area contributed by atoms with Gasteiger partial charge in [0, 0.05) is 15.1 Å². The summed E-state index contributed by atoms with van der Waals surface area (Å²) in [5.41, 5.74) is 4.04. The van der Waals surface area contributed by atoms with Gasteiger partial charge in [-0.15, -0.1) is 0 Å². The van der Waals surface area contributed by atoms with E-state index in [1.165, 1.54) is 6.21 Å². The summed E-state index contributed by atoms with van der Waals surface area (Å²) in [6.45, 7) is 0. The molecule has 0 radical (unpaired) electrons. The maximum absolute atomic E-state index is 12.4. The number of nitrogens with two attached hydrogens (primary N) is 1. The Labute approximate surface area is 141 Å². The molecule has 0 saturated carbocycles. The molecule has 0 heterocycles. The first kappa shape index (κ1) is 16.2. The van der Waals surface area contributed by atoms with E-state index in [0.717, 1.165) is 4.47 Å². The van der Waals surface area contributed by atoms with Crippen LogP contribution in [0.1, 0.15) is 10.4 Å². The van der Waals surface area contributed by atoms with E-state index in [4.69, 9.17) is 17.4 Å². The van der Waals surface area contributed by atoms with Crippen molar-refractivity contribution in [3.8, 4) is 0 Å². The number of ketones is 1. The minimum absolute atomic E-state index is 0.0970. The molecule has 0 aromatic heterocycles. The molecular weight excluding hydrogens is 368 g/mol. The number of benzene rings is 2. The van der Waals surface area contributed by atoms with Gasteiger partial charge in [0.25, 0.3) is 0 Å². The van der Waals surface area contributed by atoms with Crippen molar-refractivity contribution in [2.45, 2.75) is 0 Å². The lowest BCUT2D eigenvalue weighted by Gasteiger charge is -2.04. The molecular formula is C15H12BrClN4O. The molecule has 2 aromatic rings. The second-order valence-corrected chi connectivity index (χ2v) is 5.58. The first-order chi connectivity index (χ1) is 10.6. The molecule has 0 atom stereocenters. The summed E-state index contributed by atoms with van der Waals surface area (Å²) in [7, 11) is 0. The van der Waals surface area contributed by atoms with Crippen LogP contribution in [0.5, 0.6) is 0 Å². The Morgan fingerprint density at radius 1 is 1.14 bits per heavy atom. The highest BCUT2D eigenvalue weighted by Crippen LogP contribution is 2.14. The number of hydrogen-bond acceptors (Lipinski definition) is 5. The Hall–Kier alpha value is -2.18. The van der Waals surface area contributed by atoms with E-state index >= 15 is 0 Å². The fourth-order valence-electron chi connectivity index (χ4n) is 1.61. The van der Waals surface area contributed by atoms with Gasteiger partial charge in [-0.25, -0.2) is 0 Å². The molecule has 0 aliphatic rings. The lowest BCUT2D eigenvalue weighted by Crippen LogP contribution is -2.18. The summed E-state index contributed by atoms with van der Waals surface area (Å²) in [4.78, 5) is 12.4. The van der Waals surface area contributed by atoms with Gasteiger partial charge in [0.05, 0.1) is 11.9 Å². The van der Waals surface area contributed by atoms with Crippen molar-refractivity contribution >= 4 is 50.9 Å². The van der Waals surface area contributed by atoms with Crippen LogP contribution in [-0.4, -0.2) is 17.7 Å². The van der Waals surface area contributed by atoms with E-state index in [2.05, 4.69) is 31.6 Å². The molecule has 0 saturated heterocycles. The third kappa shape index (κ3) is 4.41. The number of hydrogen-bond donors (Lipinski definition) is 2. The van der Waals surface area contributed by atoms with Crippen molar-refractivity contribution < 1.29 is 4.79 Å². The highest BCUT2D eigenvalue weighted by molar-refractivity contribution is 9.10. The van der Waals surface area contributed by atoms with Crippen LogP contribution < -0.4 is 11.3 Å². The number of anilines is 1. The minimum atomic E-state index is -0.289. The lowest BCUT2D eigenvalue weighted by atomic mass is 10.1. The van der Waals surface area contributed by atoms with Crippen LogP contribution in [0, 0.1) is 0 Å². The van der Waals surface area contributed by atoms with Crippen molar-refractivity contribution in [3.63, 3.8) is 0 Å². The molecule has 2 rings (SSSR count). The predicted octanol–water partition coefficient (Wildman–Crippen LogP) is 3.70. The molecule has 0 unspecified atom stereocenters. The summed E-state index contributed by atoms with van der Waals surface area (Å²) in [6, 6.07) is 13.8. The SMILES string of the molecule is N/N=C/C(=N/Nc1ccc(Cl)cc1)C(=O)c1ccc(Br)cc1. The van der Waals surface area contributed by atoms with Crippen LogP contribution in [0.15, 0.2) is 63.2 Å². The van der Waals surface area contributed by atoms with Gasteiger partial charge < -0.3 is 5.84 Å². The summed E-state index contributed by atoms with van der Waals surface area (Å²) in [6.07, 6.45) is 1.20. The van der Waals surface area contributed by atoms with Crippen LogP contribution in [0.2, 0.25) is 5.02 Å². The molecule has 112 valence electrons. The largest absolute Gasteiger partial charge is 0.323 e. The number of Topliss-reactive ketones (excluding diaryl/α,β-unsaturated/α-hetero) is 1. The third-order valence-electron chi connectivity index (χ3n) is 2.69. The Bertz CT molecular complexity index is 711. The topological polar surface area (TPSA) is 79.8 Å². The third-order valence-corrected chi connectivity index (χ3v) is 3.47. The fourth-order valence-corrected chi connectivity index (χ4v) is 2.00. The Kier molecular flexibility index (Phi) is 5.68. The number of halogens is 2. The number of carbonyl (C=O) groups is 1. The van der Waals surface area contributed by atoms with Crippen molar-refractivity contribution in [2.24, 2.45) is 16.0 Å². The zero-order chi connectivity index (χ0) is 15.9. The van der Waals surface area contributed by atoms with Gasteiger partial charge in [-0.3, -0.25) is 10.2 Å². The smallest absolute Gasteiger partial charge is 0.214 e. The molecule has 3 N–H and O–H groups in total. The van der Waals surface area contributed by atoms with Crippen molar-refractivity contribution in [3.05, 3.63) is 63.6 Å². The average molecular weight is 380 g/mol. The van der Waals surface area contributed by atoms with E-state index in [1.807, 2.05) is 0 Å². The maximum Gasteiger partial charge on any atom is 0.214 e. The van der Waals surface area contributed by atoms with Gasteiger partial charge in [0.15, 0.2) is 5.71 Å². The number of nitrogens with one attached hydrogen (secondary N) is 1. The predicted molar refractivity (Wildman–Crippen MR) is 93.7 cm³/mol. The van der Waals surface area contributed by atoms with Crippen molar-refractivity contribution in [1.29, 1.82) is 0 Å². The van der Waals surface area contributed by atoms with Gasteiger partial charge in [0.2, 0.25) is 5.78 Å². The molecule has 2 aromatic carbocycles. The molecule has 7 heteroatoms. The summed E-state index contributed by atoms with van der Waals surface area (Å²) in [5, 5.41) is 8.04. The highest BCUT2D eigenvalue weighted by Gasteiger charge is 2.12. The number of rotatable bonds is 5. The second kappa shape index (κ2) is 7.72. The van der Waals surface area contributed by atoms with Crippen LogP contribution in [-0.2, 0) is 0 Å². The highest BCUT2D eigenvalue weighted by atomic mass is 79.9. The van der Waals surface area contributed by atoms with Crippen LogP contribution in [0.25, 0.3) is 0 Å². The number of nitrogens with zero attached hydrogens (tertiary/aromatic N) is 2. The second-order valence-electron chi connectivity index (χ2n) is 4.23. The van der Waals surface area contributed by atoms with E-state index in [0.29, 0.717) is 16.3 Å². The number of carbonyl (C=O) groups excluding carboxylic acids is 1. The number of hydrazone groups is 2. The van der Waals surface area contributed by atoms with Crippen LogP contribution in [0.3, 0.4) is 0 Å². The Morgan fingerprint density at radius 2 is 1.77 bits per heavy atom. The summed E-state index contributed by atoms with van der Waals surface area (Å²) < 4.78 is 0.884. The minimum Gasteiger partial charge on any atom is -0.323 e. The van der Waals surface area contributed by atoms with Gasteiger partial charge in [-0.05, 0) is 48.5 Å². The summed E-state index contributed by atoms with van der Waals surface area (Å²) in [5.74, 6) is 4.85. The Morgan fingerprint density at radius 3 is 2.36 bits per heavy atom. The summed E-state index contributed by atoms with van der Waals surface area (Å²) >= 11 is 9.13. The van der Waals surface area contributed by atoms with E-state index in [-0.39, 0.29) is 11.5 Å². The van der Waals surface area contributed by atoms with E-state index in [1.54, 1.807) is 48.5 Å². The lowest BCUT2D eigenvalue weighted by molar-refractivity contribution is 0.106. The van der Waals surface area contributed by atoms with Gasteiger partial charge >= 0.3 is 0 Å². The van der Waals surface area contributed by atoms with E-state index in [9.17, 15) is 4.79 Å². The molecule has 0 spiro atoms. The molecule has 0 aliphatic carbocycles. The van der Waals surface area contributed by atoms with Crippen LogP contribution >= 0.6 is 27.5 Å².